The second-order valence-corrected chi connectivity index (χ2v) is 4.71. The number of nitrogens with one attached hydrogen (secondary N) is 1. The predicted molar refractivity (Wildman–Crippen MR) is 70.6 cm³/mol. The molecule has 3 heterocycles. The molecular formula is C13H14N4O3. The number of rotatable bonds is 3. The van der Waals surface area contributed by atoms with Gasteiger partial charge in [-0.3, -0.25) is 14.6 Å². The van der Waals surface area contributed by atoms with Crippen molar-refractivity contribution in [3.05, 3.63) is 45.8 Å². The van der Waals surface area contributed by atoms with Gasteiger partial charge in [-0.05, 0) is 12.1 Å². The van der Waals surface area contributed by atoms with Crippen LogP contribution in [0.15, 0.2) is 27.6 Å². The van der Waals surface area contributed by atoms with Gasteiger partial charge in [0, 0.05) is 12.8 Å². The molecule has 3 rings (SSSR count). The number of aryl methyl sites for hydroxylation is 1. The number of carbonyl (C=O) groups excluding carboxylic acids is 1. The van der Waals surface area contributed by atoms with Gasteiger partial charge < -0.3 is 15.1 Å². The van der Waals surface area contributed by atoms with E-state index in [0.29, 0.717) is 30.6 Å². The Morgan fingerprint density at radius 2 is 2.35 bits per heavy atom. The molecule has 0 unspecified atom stereocenters. The van der Waals surface area contributed by atoms with Crippen molar-refractivity contribution in [1.29, 1.82) is 0 Å². The van der Waals surface area contributed by atoms with Gasteiger partial charge >= 0.3 is 0 Å². The third-order valence-corrected chi connectivity index (χ3v) is 3.33. The molecule has 20 heavy (non-hydrogen) atoms. The molecule has 0 atom stereocenters. The predicted octanol–water partition coefficient (Wildman–Crippen LogP) is 0.420. The van der Waals surface area contributed by atoms with E-state index in [0.717, 1.165) is 5.76 Å². The monoisotopic (exact) mass is 274 g/mol. The van der Waals surface area contributed by atoms with Gasteiger partial charge in [-0.1, -0.05) is 0 Å². The number of anilines is 1. The van der Waals surface area contributed by atoms with Crippen molar-refractivity contribution in [1.82, 2.24) is 14.9 Å². The molecule has 0 aliphatic carbocycles. The zero-order chi connectivity index (χ0) is 14.1. The average Bonchev–Trinajstić information content (AvgIpc) is 3.04. The van der Waals surface area contributed by atoms with Gasteiger partial charge in [-0.2, -0.15) is 0 Å². The summed E-state index contributed by atoms with van der Waals surface area (Å²) < 4.78 is 5.19. The Hall–Kier alpha value is -2.57. The van der Waals surface area contributed by atoms with Gasteiger partial charge in [0.05, 0.1) is 30.6 Å². The summed E-state index contributed by atoms with van der Waals surface area (Å²) in [7, 11) is 0. The highest BCUT2D eigenvalue weighted by molar-refractivity contribution is 5.77. The second kappa shape index (κ2) is 4.84. The van der Waals surface area contributed by atoms with Crippen molar-refractivity contribution in [3.8, 4) is 0 Å². The zero-order valence-electron chi connectivity index (χ0n) is 10.8. The lowest BCUT2D eigenvalue weighted by Gasteiger charge is -2.14. The van der Waals surface area contributed by atoms with E-state index >= 15 is 0 Å². The Balaban J connectivity index is 1.67. The average molecular weight is 274 g/mol. The number of H-pyrrole nitrogens is 1. The highest BCUT2D eigenvalue weighted by atomic mass is 16.3. The Bertz CT molecular complexity index is 690. The maximum Gasteiger partial charge on any atom is 0.257 e. The van der Waals surface area contributed by atoms with Gasteiger partial charge in [0.2, 0.25) is 11.9 Å². The Morgan fingerprint density at radius 1 is 1.50 bits per heavy atom. The lowest BCUT2D eigenvalue weighted by atomic mass is 10.2. The quantitative estimate of drug-likeness (QED) is 0.843. The number of hydrogen-bond acceptors (Lipinski definition) is 5. The molecule has 0 spiro atoms. The summed E-state index contributed by atoms with van der Waals surface area (Å²) in [4.78, 5) is 32.0. The SMILES string of the molecule is Nc1nc2c(c(=O)[nH]1)CN(C(=O)CCc1ccco1)C2. The summed E-state index contributed by atoms with van der Waals surface area (Å²) in [6, 6.07) is 3.62. The molecule has 2 aromatic heterocycles. The van der Waals surface area contributed by atoms with E-state index in [4.69, 9.17) is 10.2 Å². The van der Waals surface area contributed by atoms with Crippen molar-refractivity contribution >= 4 is 11.9 Å². The number of hydrogen-bond donors (Lipinski definition) is 2. The van der Waals surface area contributed by atoms with Crippen LogP contribution < -0.4 is 11.3 Å². The van der Waals surface area contributed by atoms with E-state index < -0.39 is 0 Å². The minimum absolute atomic E-state index is 0.0302. The first kappa shape index (κ1) is 12.5. The molecule has 2 aromatic rings. The first-order valence-electron chi connectivity index (χ1n) is 6.31. The smallest absolute Gasteiger partial charge is 0.257 e. The van der Waals surface area contributed by atoms with Crippen LogP contribution in [0.4, 0.5) is 5.95 Å². The number of nitrogen functional groups attached to an aromatic ring is 1. The molecule has 7 heteroatoms. The van der Waals surface area contributed by atoms with Gasteiger partial charge in [0.15, 0.2) is 0 Å². The zero-order valence-corrected chi connectivity index (χ0v) is 10.8. The molecule has 0 saturated carbocycles. The molecule has 3 N–H and O–H groups in total. The number of aromatic amines is 1. The molecule has 1 aliphatic heterocycles. The van der Waals surface area contributed by atoms with Crippen molar-refractivity contribution < 1.29 is 9.21 Å². The fraction of sp³-hybridized carbons (Fsp3) is 0.308. The minimum Gasteiger partial charge on any atom is -0.469 e. The van der Waals surface area contributed by atoms with E-state index in [1.165, 1.54) is 0 Å². The molecule has 1 aliphatic rings. The van der Waals surface area contributed by atoms with E-state index in [1.807, 2.05) is 6.07 Å². The summed E-state index contributed by atoms with van der Waals surface area (Å²) in [5.74, 6) is 0.825. The first-order valence-corrected chi connectivity index (χ1v) is 6.31. The fourth-order valence-corrected chi connectivity index (χ4v) is 2.30. The van der Waals surface area contributed by atoms with Crippen LogP contribution in [0.1, 0.15) is 23.4 Å². The van der Waals surface area contributed by atoms with Crippen LogP contribution in [0.3, 0.4) is 0 Å². The number of fused-ring (bicyclic) bond motifs is 1. The topological polar surface area (TPSA) is 105 Å². The standard InChI is InChI=1S/C13H14N4O3/c14-13-15-10-7-17(6-9(10)12(19)16-13)11(18)4-3-8-2-1-5-20-8/h1-2,5H,3-4,6-7H2,(H3,14,15,16,19). The molecule has 1 amide bonds. The summed E-state index contributed by atoms with van der Waals surface area (Å²) >= 11 is 0. The maximum absolute atomic E-state index is 12.1. The number of amides is 1. The highest BCUT2D eigenvalue weighted by Crippen LogP contribution is 2.19. The number of aromatic nitrogens is 2. The number of nitrogens with zero attached hydrogens (tertiary/aromatic N) is 2. The van der Waals surface area contributed by atoms with E-state index in [1.54, 1.807) is 17.2 Å². The van der Waals surface area contributed by atoms with Crippen molar-refractivity contribution in [2.24, 2.45) is 0 Å². The molecular weight excluding hydrogens is 260 g/mol. The maximum atomic E-state index is 12.1. The normalized spacial score (nSPS) is 13.5. The summed E-state index contributed by atoms with van der Waals surface area (Å²) in [6.45, 7) is 0.620. The third kappa shape index (κ3) is 2.29. The van der Waals surface area contributed by atoms with E-state index in [2.05, 4.69) is 9.97 Å². The van der Waals surface area contributed by atoms with Gasteiger partial charge in [0.1, 0.15) is 5.76 Å². The van der Waals surface area contributed by atoms with E-state index in [9.17, 15) is 9.59 Å². The van der Waals surface area contributed by atoms with Crippen LogP contribution >= 0.6 is 0 Å². The van der Waals surface area contributed by atoms with Crippen molar-refractivity contribution in [2.75, 3.05) is 5.73 Å². The van der Waals surface area contributed by atoms with Crippen LogP contribution in [0.2, 0.25) is 0 Å². The van der Waals surface area contributed by atoms with Crippen LogP contribution in [0, 0.1) is 0 Å². The number of furan rings is 1. The Kier molecular flexibility index (Phi) is 3.02. The second-order valence-electron chi connectivity index (χ2n) is 4.71. The molecule has 0 aromatic carbocycles. The highest BCUT2D eigenvalue weighted by Gasteiger charge is 2.27. The molecule has 7 nitrogen and oxygen atoms in total. The summed E-state index contributed by atoms with van der Waals surface area (Å²) in [6.07, 6.45) is 2.47. The summed E-state index contributed by atoms with van der Waals surface area (Å²) in [5.41, 5.74) is 6.32. The fourth-order valence-electron chi connectivity index (χ4n) is 2.30. The van der Waals surface area contributed by atoms with Gasteiger partial charge in [-0.15, -0.1) is 0 Å². The molecule has 0 bridgehead atoms. The largest absolute Gasteiger partial charge is 0.469 e. The van der Waals surface area contributed by atoms with E-state index in [-0.39, 0.29) is 24.0 Å². The van der Waals surface area contributed by atoms with Crippen molar-refractivity contribution in [2.45, 2.75) is 25.9 Å². The number of nitrogens with two attached hydrogens (primary N) is 1. The minimum atomic E-state index is -0.270. The third-order valence-electron chi connectivity index (χ3n) is 3.33. The van der Waals surface area contributed by atoms with Crippen LogP contribution in [-0.4, -0.2) is 20.8 Å². The summed E-state index contributed by atoms with van der Waals surface area (Å²) in [5, 5.41) is 0. The van der Waals surface area contributed by atoms with Crippen LogP contribution in [0.5, 0.6) is 0 Å². The molecule has 0 fully saturated rings. The van der Waals surface area contributed by atoms with Gasteiger partial charge in [0.25, 0.3) is 5.56 Å². The van der Waals surface area contributed by atoms with Gasteiger partial charge in [-0.25, -0.2) is 4.98 Å². The molecule has 0 radical (unpaired) electrons. The lowest BCUT2D eigenvalue weighted by molar-refractivity contribution is -0.131. The Morgan fingerprint density at radius 3 is 3.10 bits per heavy atom. The lowest BCUT2D eigenvalue weighted by Crippen LogP contribution is -2.26. The van der Waals surface area contributed by atoms with Crippen LogP contribution in [0.25, 0.3) is 0 Å². The molecule has 104 valence electrons. The first-order chi connectivity index (χ1) is 9.63. The van der Waals surface area contributed by atoms with Crippen molar-refractivity contribution in [3.63, 3.8) is 0 Å². The Labute approximate surface area is 114 Å². The molecule has 0 saturated heterocycles. The number of carbonyl (C=O) groups is 1. The van der Waals surface area contributed by atoms with Crippen LogP contribution in [-0.2, 0) is 24.3 Å².